The van der Waals surface area contributed by atoms with Gasteiger partial charge < -0.3 is 14.4 Å². The van der Waals surface area contributed by atoms with E-state index in [-0.39, 0.29) is 17.5 Å². The van der Waals surface area contributed by atoms with Crippen LogP contribution in [0.1, 0.15) is 62.9 Å². The maximum Gasteiger partial charge on any atom is 0.245 e. The Morgan fingerprint density at radius 2 is 1.90 bits per heavy atom. The highest BCUT2D eigenvalue weighted by atomic mass is 35.5. The molecule has 0 saturated carbocycles. The van der Waals surface area contributed by atoms with Gasteiger partial charge in [-0.25, -0.2) is 4.98 Å². The number of aromatic amines is 1. The highest BCUT2D eigenvalue weighted by molar-refractivity contribution is 6.36. The summed E-state index contributed by atoms with van der Waals surface area (Å²) in [6.07, 6.45) is 12.8. The first kappa shape index (κ1) is 26.6. The topological polar surface area (TPSA) is 87.9 Å². The Morgan fingerprint density at radius 3 is 2.58 bits per heavy atom. The van der Waals surface area contributed by atoms with Gasteiger partial charge in [0.15, 0.2) is 5.82 Å². The molecule has 0 bridgehead atoms. The third kappa shape index (κ3) is 4.40. The number of aryl methyl sites for hydroxylation is 1. The number of fused-ring (bicyclic) bond motifs is 1. The second-order valence-electron chi connectivity index (χ2n) is 11.8. The Labute approximate surface area is 239 Å². The van der Waals surface area contributed by atoms with Crippen LogP contribution in [0.2, 0.25) is 5.02 Å². The molecule has 5 heterocycles. The Kier molecular flexibility index (Phi) is 6.73. The monoisotopic (exact) mass is 560 g/mol. The van der Waals surface area contributed by atoms with Crippen LogP contribution < -0.4 is 4.90 Å². The van der Waals surface area contributed by atoms with Crippen molar-refractivity contribution in [2.24, 2.45) is 0 Å². The van der Waals surface area contributed by atoms with E-state index in [4.69, 9.17) is 16.7 Å². The van der Waals surface area contributed by atoms with Gasteiger partial charge in [-0.05, 0) is 71.1 Å². The lowest BCUT2D eigenvalue weighted by Gasteiger charge is -2.46. The molecule has 10 heteroatoms. The molecule has 2 aliphatic heterocycles. The van der Waals surface area contributed by atoms with Crippen molar-refractivity contribution in [1.82, 2.24) is 34.4 Å². The number of benzene rings is 1. The molecule has 210 valence electrons. The quantitative estimate of drug-likeness (QED) is 0.309. The van der Waals surface area contributed by atoms with Gasteiger partial charge in [0, 0.05) is 65.8 Å². The number of carbonyl (C=O) groups excluding carboxylic acids is 1. The molecule has 1 aromatic carbocycles. The minimum atomic E-state index is -0.154. The Morgan fingerprint density at radius 1 is 1.15 bits per heavy atom. The summed E-state index contributed by atoms with van der Waals surface area (Å²) in [6, 6.07) is 2.63. The van der Waals surface area contributed by atoms with Crippen molar-refractivity contribution in [3.05, 3.63) is 59.9 Å². The lowest BCUT2D eigenvalue weighted by molar-refractivity contribution is -0.127. The van der Waals surface area contributed by atoms with Gasteiger partial charge in [-0.1, -0.05) is 18.2 Å². The molecule has 0 radical (unpaired) electrons. The fourth-order valence-corrected chi connectivity index (χ4v) is 7.00. The van der Waals surface area contributed by atoms with Crippen molar-refractivity contribution in [2.45, 2.75) is 71.0 Å². The number of imidazole rings is 1. The molecular weight excluding hydrogens is 524 g/mol. The van der Waals surface area contributed by atoms with Crippen LogP contribution in [0.25, 0.3) is 22.0 Å². The van der Waals surface area contributed by atoms with Gasteiger partial charge in [0.05, 0.1) is 29.1 Å². The number of aromatic nitrogens is 6. The Balaban J connectivity index is 1.46. The molecule has 0 aliphatic carbocycles. The fourth-order valence-electron chi connectivity index (χ4n) is 6.75. The maximum atomic E-state index is 12.2. The minimum Gasteiger partial charge on any atom is -0.349 e. The maximum absolute atomic E-state index is 12.2. The van der Waals surface area contributed by atoms with E-state index in [1.165, 1.54) is 6.08 Å². The SMILES string of the molecule is C=CC(=O)N1CCC(n2nc(N3CCC(n4ccnc4)CC3(C)C)c(-c3c(Cl)c(C)cc4[nH]ncc34)c2C)CC1. The lowest BCUT2D eigenvalue weighted by atomic mass is 9.86. The first-order chi connectivity index (χ1) is 19.2. The molecule has 1 atom stereocenters. The number of hydrogen-bond donors (Lipinski definition) is 1. The van der Waals surface area contributed by atoms with E-state index in [9.17, 15) is 4.79 Å². The molecule has 40 heavy (non-hydrogen) atoms. The molecule has 2 fully saturated rings. The van der Waals surface area contributed by atoms with Gasteiger partial charge in [-0.3, -0.25) is 14.6 Å². The lowest BCUT2D eigenvalue weighted by Crippen LogP contribution is -2.51. The number of H-pyrrole nitrogens is 1. The summed E-state index contributed by atoms with van der Waals surface area (Å²) in [4.78, 5) is 20.9. The van der Waals surface area contributed by atoms with Gasteiger partial charge in [-0.15, -0.1) is 0 Å². The number of hydrogen-bond acceptors (Lipinski definition) is 5. The number of anilines is 1. The average molecular weight is 561 g/mol. The van der Waals surface area contributed by atoms with Crippen LogP contribution in [-0.2, 0) is 4.79 Å². The highest BCUT2D eigenvalue weighted by Crippen LogP contribution is 2.47. The van der Waals surface area contributed by atoms with Crippen LogP contribution >= 0.6 is 11.6 Å². The van der Waals surface area contributed by atoms with Crippen LogP contribution in [0.4, 0.5) is 5.82 Å². The fraction of sp³-hybridized carbons (Fsp3) is 0.467. The Hall–Kier alpha value is -3.59. The summed E-state index contributed by atoms with van der Waals surface area (Å²) in [5.41, 5.74) is 4.95. The summed E-state index contributed by atoms with van der Waals surface area (Å²) < 4.78 is 4.43. The third-order valence-corrected chi connectivity index (χ3v) is 9.38. The van der Waals surface area contributed by atoms with Crippen molar-refractivity contribution < 1.29 is 4.79 Å². The first-order valence-electron chi connectivity index (χ1n) is 14.1. The van der Waals surface area contributed by atoms with Crippen LogP contribution in [-0.4, -0.2) is 65.5 Å². The van der Waals surface area contributed by atoms with Crippen molar-refractivity contribution >= 4 is 34.2 Å². The normalized spacial score (nSPS) is 19.9. The summed E-state index contributed by atoms with van der Waals surface area (Å²) in [5.74, 6) is 0.958. The Bertz CT molecular complexity index is 1560. The number of nitrogens with one attached hydrogen (secondary N) is 1. The van der Waals surface area contributed by atoms with E-state index in [0.29, 0.717) is 19.1 Å². The number of carbonyl (C=O) groups is 1. The van der Waals surface area contributed by atoms with Crippen LogP contribution in [0.3, 0.4) is 0 Å². The number of rotatable bonds is 5. The van der Waals surface area contributed by atoms with Gasteiger partial charge in [0.2, 0.25) is 5.91 Å². The van der Waals surface area contributed by atoms with Crippen LogP contribution in [0.5, 0.6) is 0 Å². The summed E-state index contributed by atoms with van der Waals surface area (Å²) in [7, 11) is 0. The van der Waals surface area contributed by atoms with Gasteiger partial charge in [0.1, 0.15) is 0 Å². The second kappa shape index (κ2) is 10.1. The predicted octanol–water partition coefficient (Wildman–Crippen LogP) is 5.86. The van der Waals surface area contributed by atoms with E-state index in [2.05, 4.69) is 68.9 Å². The number of nitrogens with zero attached hydrogens (tertiary/aromatic N) is 7. The van der Waals surface area contributed by atoms with Crippen LogP contribution in [0, 0.1) is 13.8 Å². The molecule has 4 aromatic rings. The van der Waals surface area contributed by atoms with Crippen LogP contribution in [0.15, 0.2) is 43.6 Å². The van der Waals surface area contributed by atoms with E-state index < -0.39 is 0 Å². The summed E-state index contributed by atoms with van der Waals surface area (Å²) in [5, 5.41) is 14.6. The molecule has 6 rings (SSSR count). The molecule has 2 aliphatic rings. The zero-order chi connectivity index (χ0) is 28.2. The largest absolute Gasteiger partial charge is 0.349 e. The highest BCUT2D eigenvalue weighted by Gasteiger charge is 2.40. The zero-order valence-corrected chi connectivity index (χ0v) is 24.4. The van der Waals surface area contributed by atoms with Crippen molar-refractivity contribution in [2.75, 3.05) is 24.5 Å². The second-order valence-corrected chi connectivity index (χ2v) is 12.2. The molecule has 1 amide bonds. The van der Waals surface area contributed by atoms with Crippen molar-refractivity contribution in [1.29, 1.82) is 0 Å². The third-order valence-electron chi connectivity index (χ3n) is 8.90. The molecule has 1 N–H and O–H groups in total. The van der Waals surface area contributed by atoms with Crippen molar-refractivity contribution in [3.8, 4) is 11.1 Å². The van der Waals surface area contributed by atoms with Gasteiger partial charge >= 0.3 is 0 Å². The van der Waals surface area contributed by atoms with Gasteiger partial charge in [0.25, 0.3) is 0 Å². The molecule has 9 nitrogen and oxygen atoms in total. The molecule has 2 saturated heterocycles. The zero-order valence-electron chi connectivity index (χ0n) is 23.7. The van der Waals surface area contributed by atoms with E-state index >= 15 is 0 Å². The standard InChI is InChI=1S/C30H37ClN8O/c1-6-25(40)36-11-7-21(8-12-36)39-20(3)26(27-23-17-33-34-24(23)15-19(2)28(27)31)29(35-39)38-13-9-22(16-30(38,4)5)37-14-10-32-18-37/h6,10,14-15,17-18,21-22H,1,7-9,11-13,16H2,2-5H3,(H,33,34). The molecule has 0 spiro atoms. The summed E-state index contributed by atoms with van der Waals surface area (Å²) >= 11 is 7.11. The molecular formula is C30H37ClN8O. The molecule has 3 aromatic heterocycles. The van der Waals surface area contributed by atoms with E-state index in [1.54, 1.807) is 0 Å². The number of likely N-dealkylation sites (tertiary alicyclic amines) is 1. The van der Waals surface area contributed by atoms with E-state index in [0.717, 1.165) is 76.4 Å². The minimum absolute atomic E-state index is 0.00609. The van der Waals surface area contributed by atoms with Gasteiger partial charge in [-0.2, -0.15) is 10.2 Å². The number of piperidine rings is 2. The smallest absolute Gasteiger partial charge is 0.245 e. The summed E-state index contributed by atoms with van der Waals surface area (Å²) in [6.45, 7) is 14.7. The number of amides is 1. The van der Waals surface area contributed by atoms with E-state index in [1.807, 2.05) is 30.5 Å². The van der Waals surface area contributed by atoms with Crippen molar-refractivity contribution in [3.63, 3.8) is 0 Å². The first-order valence-corrected chi connectivity index (χ1v) is 14.5. The molecule has 1 unspecified atom stereocenters. The number of halogens is 1. The average Bonchev–Trinajstić information content (AvgIpc) is 3.70. The predicted molar refractivity (Wildman–Crippen MR) is 159 cm³/mol.